The van der Waals surface area contributed by atoms with E-state index in [4.69, 9.17) is 17.2 Å². The van der Waals surface area contributed by atoms with E-state index in [1.54, 1.807) is 22.1 Å². The molecule has 0 radical (unpaired) electrons. The van der Waals surface area contributed by atoms with E-state index >= 15 is 0 Å². The van der Waals surface area contributed by atoms with E-state index in [2.05, 4.69) is 40.5 Å². The number of nitrogens with one attached hydrogen (secondary N) is 2. The molecule has 0 aromatic carbocycles. The first kappa shape index (κ1) is 20.4. The van der Waals surface area contributed by atoms with Crippen molar-refractivity contribution in [1.29, 1.82) is 0 Å². The van der Waals surface area contributed by atoms with Gasteiger partial charge in [-0.1, -0.05) is 0 Å². The molecule has 10 heteroatoms. The van der Waals surface area contributed by atoms with Crippen LogP contribution in [0.2, 0.25) is 0 Å². The summed E-state index contributed by atoms with van der Waals surface area (Å²) in [6, 6.07) is 4.09. The molecule has 4 aromatic heterocycles. The lowest BCUT2D eigenvalue weighted by atomic mass is 10.1. The minimum absolute atomic E-state index is 0.125. The molecule has 2 N–H and O–H groups in total. The van der Waals surface area contributed by atoms with Crippen LogP contribution in [0.3, 0.4) is 0 Å². The molecule has 0 aliphatic heterocycles. The van der Waals surface area contributed by atoms with Crippen LogP contribution in [-0.2, 0) is 13.6 Å². The molecule has 0 aliphatic carbocycles. The molecular weight excluding hydrogens is 418 g/mol. The first-order chi connectivity index (χ1) is 14.3. The number of rotatable bonds is 5. The van der Waals surface area contributed by atoms with E-state index in [0.717, 1.165) is 16.6 Å². The fourth-order valence-corrected chi connectivity index (χ4v) is 4.48. The number of fused-ring (bicyclic) bond motifs is 1. The number of hydrogen-bond acceptors (Lipinski definition) is 6. The Morgan fingerprint density at radius 2 is 2.10 bits per heavy atom. The predicted molar refractivity (Wildman–Crippen MR) is 120 cm³/mol. The van der Waals surface area contributed by atoms with Gasteiger partial charge in [0.1, 0.15) is 0 Å². The van der Waals surface area contributed by atoms with Crippen LogP contribution in [0.25, 0.3) is 22.3 Å². The largest absolute Gasteiger partial charge is 0.345 e. The molecule has 4 rings (SSSR count). The molecule has 8 nitrogen and oxygen atoms in total. The summed E-state index contributed by atoms with van der Waals surface area (Å²) in [4.78, 5) is 20.4. The Morgan fingerprint density at radius 1 is 1.33 bits per heavy atom. The third-order valence-corrected chi connectivity index (χ3v) is 6.33. The van der Waals surface area contributed by atoms with Crippen molar-refractivity contribution in [3.63, 3.8) is 0 Å². The fourth-order valence-electron chi connectivity index (χ4n) is 3.40. The normalized spacial score (nSPS) is 11.5. The van der Waals surface area contributed by atoms with Crippen LogP contribution in [0.5, 0.6) is 0 Å². The van der Waals surface area contributed by atoms with Gasteiger partial charge in [-0.2, -0.15) is 10.2 Å². The lowest BCUT2D eigenvalue weighted by molar-refractivity contribution is 0.0951. The van der Waals surface area contributed by atoms with E-state index in [1.807, 2.05) is 31.6 Å². The monoisotopic (exact) mass is 441 g/mol. The van der Waals surface area contributed by atoms with Crippen molar-refractivity contribution >= 4 is 40.5 Å². The molecule has 0 aliphatic rings. The van der Waals surface area contributed by atoms with Crippen molar-refractivity contribution in [2.75, 3.05) is 0 Å². The standard InChI is InChI=1S/C20H23N7OS2/c1-10(2)27-18-15(8-22-27)14(7-16(23-18)13-6-11(3)30-12(13)4)19(28)21-9-17-24-25-20(29)26(17)5/h6-8,10H,9H2,1-5H3,(H,21,28)(H,25,29). The third kappa shape index (κ3) is 3.56. The van der Waals surface area contributed by atoms with Gasteiger partial charge in [-0.25, -0.2) is 9.67 Å². The van der Waals surface area contributed by atoms with Gasteiger partial charge in [0.15, 0.2) is 16.2 Å². The Balaban J connectivity index is 1.79. The Bertz CT molecular complexity index is 1310. The molecule has 0 spiro atoms. The molecule has 0 unspecified atom stereocenters. The van der Waals surface area contributed by atoms with Crippen LogP contribution < -0.4 is 5.32 Å². The Kier molecular flexibility index (Phi) is 5.29. The maximum atomic E-state index is 13.2. The summed E-state index contributed by atoms with van der Waals surface area (Å²) in [6.07, 6.45) is 1.71. The highest BCUT2D eigenvalue weighted by atomic mass is 32.1. The van der Waals surface area contributed by atoms with Crippen LogP contribution in [0, 0.1) is 18.6 Å². The average molecular weight is 442 g/mol. The maximum absolute atomic E-state index is 13.2. The molecule has 30 heavy (non-hydrogen) atoms. The van der Waals surface area contributed by atoms with Gasteiger partial charge in [-0.3, -0.25) is 9.89 Å². The minimum atomic E-state index is -0.203. The quantitative estimate of drug-likeness (QED) is 0.455. The molecule has 4 aromatic rings. The second-order valence-corrected chi connectivity index (χ2v) is 9.34. The number of aromatic nitrogens is 6. The van der Waals surface area contributed by atoms with E-state index in [-0.39, 0.29) is 18.5 Å². The van der Waals surface area contributed by atoms with Crippen LogP contribution in [0.4, 0.5) is 0 Å². The zero-order valence-corrected chi connectivity index (χ0v) is 19.1. The van der Waals surface area contributed by atoms with Crippen LogP contribution >= 0.6 is 23.6 Å². The van der Waals surface area contributed by atoms with Gasteiger partial charge in [-0.05, 0) is 52.0 Å². The zero-order chi connectivity index (χ0) is 21.6. The van der Waals surface area contributed by atoms with Crippen LogP contribution in [0.15, 0.2) is 18.3 Å². The van der Waals surface area contributed by atoms with Gasteiger partial charge >= 0.3 is 0 Å². The van der Waals surface area contributed by atoms with Gasteiger partial charge in [-0.15, -0.1) is 11.3 Å². The molecule has 0 saturated heterocycles. The number of hydrogen-bond donors (Lipinski definition) is 2. The van der Waals surface area contributed by atoms with Crippen molar-refractivity contribution in [2.45, 2.75) is 40.3 Å². The molecule has 0 bridgehead atoms. The summed E-state index contributed by atoms with van der Waals surface area (Å²) in [7, 11) is 1.81. The number of aromatic amines is 1. The van der Waals surface area contributed by atoms with Crippen molar-refractivity contribution in [3.05, 3.63) is 44.2 Å². The molecule has 1 amide bonds. The minimum Gasteiger partial charge on any atom is -0.345 e. The average Bonchev–Trinajstić information content (AvgIpc) is 3.37. The zero-order valence-electron chi connectivity index (χ0n) is 17.5. The van der Waals surface area contributed by atoms with Gasteiger partial charge in [0.2, 0.25) is 0 Å². The van der Waals surface area contributed by atoms with Crippen LogP contribution in [0.1, 0.15) is 45.8 Å². The number of H-pyrrole nitrogens is 1. The molecule has 0 saturated carbocycles. The fraction of sp³-hybridized carbons (Fsp3) is 0.350. The van der Waals surface area contributed by atoms with Gasteiger partial charge in [0.05, 0.1) is 29.4 Å². The number of carbonyl (C=O) groups is 1. The summed E-state index contributed by atoms with van der Waals surface area (Å²) >= 11 is 6.86. The van der Waals surface area contributed by atoms with E-state index in [9.17, 15) is 4.79 Å². The first-order valence-electron chi connectivity index (χ1n) is 9.60. The number of nitrogens with zero attached hydrogens (tertiary/aromatic N) is 5. The first-order valence-corrected chi connectivity index (χ1v) is 10.8. The Hall–Kier alpha value is -2.85. The maximum Gasteiger partial charge on any atom is 0.252 e. The molecule has 4 heterocycles. The Morgan fingerprint density at radius 3 is 2.70 bits per heavy atom. The summed E-state index contributed by atoms with van der Waals surface area (Å²) in [5.74, 6) is 0.450. The van der Waals surface area contributed by atoms with Gasteiger partial charge in [0.25, 0.3) is 5.91 Å². The van der Waals surface area contributed by atoms with Crippen molar-refractivity contribution < 1.29 is 4.79 Å². The summed E-state index contributed by atoms with van der Waals surface area (Å²) in [5, 5.41) is 15.0. The number of aryl methyl sites for hydroxylation is 2. The topological polar surface area (TPSA) is 93.4 Å². The number of carbonyl (C=O) groups excluding carboxylic acids is 1. The lowest BCUT2D eigenvalue weighted by Crippen LogP contribution is -2.25. The smallest absolute Gasteiger partial charge is 0.252 e. The van der Waals surface area contributed by atoms with Crippen molar-refractivity contribution in [3.8, 4) is 11.3 Å². The second-order valence-electron chi connectivity index (χ2n) is 7.49. The van der Waals surface area contributed by atoms with Crippen molar-refractivity contribution in [1.82, 2.24) is 34.8 Å². The van der Waals surface area contributed by atoms with E-state index in [1.165, 1.54) is 9.75 Å². The SMILES string of the molecule is Cc1cc(-c2cc(C(=O)NCc3n[nH]c(=S)n3C)c3cnn(C(C)C)c3n2)c(C)s1. The second kappa shape index (κ2) is 7.77. The van der Waals surface area contributed by atoms with Gasteiger partial charge < -0.3 is 9.88 Å². The van der Waals surface area contributed by atoms with Crippen molar-refractivity contribution in [2.24, 2.45) is 7.05 Å². The molecule has 0 fully saturated rings. The molecule has 156 valence electrons. The molecule has 0 atom stereocenters. The van der Waals surface area contributed by atoms with Crippen LogP contribution in [-0.4, -0.2) is 35.4 Å². The summed E-state index contributed by atoms with van der Waals surface area (Å²) < 4.78 is 4.09. The predicted octanol–water partition coefficient (Wildman–Crippen LogP) is 4.08. The highest BCUT2D eigenvalue weighted by Crippen LogP contribution is 2.32. The highest BCUT2D eigenvalue weighted by molar-refractivity contribution is 7.71. The summed E-state index contributed by atoms with van der Waals surface area (Å²) in [6.45, 7) is 8.50. The van der Waals surface area contributed by atoms with E-state index < -0.39 is 0 Å². The lowest BCUT2D eigenvalue weighted by Gasteiger charge is -2.11. The Labute approximate surface area is 183 Å². The van der Waals surface area contributed by atoms with Gasteiger partial charge in [0, 0.05) is 28.4 Å². The molecular formula is C20H23N7OS2. The summed E-state index contributed by atoms with van der Waals surface area (Å²) in [5.41, 5.74) is 3.06. The number of thiophene rings is 1. The number of pyridine rings is 1. The number of amides is 1. The third-order valence-electron chi connectivity index (χ3n) is 5.00. The van der Waals surface area contributed by atoms with E-state index in [0.29, 0.717) is 21.8 Å². The highest BCUT2D eigenvalue weighted by Gasteiger charge is 2.20.